The largest absolute Gasteiger partial charge is 0.472 e. The minimum Gasteiger partial charge on any atom is -0.462 e. The molecule has 0 rings (SSSR count). The highest BCUT2D eigenvalue weighted by molar-refractivity contribution is 7.47. The molecule has 2 unspecified atom stereocenters. The van der Waals surface area contributed by atoms with Crippen molar-refractivity contribution >= 4 is 19.8 Å². The maximum absolute atomic E-state index is 12.9. The summed E-state index contributed by atoms with van der Waals surface area (Å²) in [5.41, 5.74) is 0. The van der Waals surface area contributed by atoms with Crippen molar-refractivity contribution in [3.05, 3.63) is 97.2 Å². The van der Waals surface area contributed by atoms with Gasteiger partial charge < -0.3 is 18.9 Å². The Labute approximate surface area is 506 Å². The number of esters is 2. The van der Waals surface area contributed by atoms with E-state index >= 15 is 0 Å². The summed E-state index contributed by atoms with van der Waals surface area (Å²) >= 11 is 0. The zero-order valence-corrected chi connectivity index (χ0v) is 54.8. The molecule has 9 nitrogen and oxygen atoms in total. The first-order valence-electron chi connectivity index (χ1n) is 34.0. The van der Waals surface area contributed by atoms with E-state index < -0.39 is 26.5 Å². The van der Waals surface area contributed by atoms with Crippen molar-refractivity contribution in [3.8, 4) is 0 Å². The van der Waals surface area contributed by atoms with Crippen LogP contribution in [0.15, 0.2) is 97.2 Å². The monoisotopic (exact) mass is 1170 g/mol. The SMILES string of the molecule is CC/C=C\C/C=C\C/C=C\C/C=C\C/C=C\C/C=C\CCCCCCCCCCCCCCCCCCCCC(=O)OC(COC(=O)CCCCCCCCCCC/C=C\C/C=C\CCCCCCC)COP(=O)(O)OCC[N+](C)(C)C. The van der Waals surface area contributed by atoms with Crippen LogP contribution in [0.5, 0.6) is 0 Å². The molecule has 0 aromatic rings. The predicted octanol–water partition coefficient (Wildman–Crippen LogP) is 21.9. The van der Waals surface area contributed by atoms with Gasteiger partial charge in [-0.25, -0.2) is 4.57 Å². The fourth-order valence-corrected chi connectivity index (χ4v) is 10.1. The van der Waals surface area contributed by atoms with Crippen LogP contribution in [0, 0.1) is 0 Å². The maximum atomic E-state index is 12.9. The fourth-order valence-electron chi connectivity index (χ4n) is 9.40. The van der Waals surface area contributed by atoms with Crippen LogP contribution in [0.4, 0.5) is 0 Å². The lowest BCUT2D eigenvalue weighted by Crippen LogP contribution is -2.37. The van der Waals surface area contributed by atoms with Gasteiger partial charge in [0, 0.05) is 12.8 Å². The van der Waals surface area contributed by atoms with Gasteiger partial charge in [0.25, 0.3) is 0 Å². The summed E-state index contributed by atoms with van der Waals surface area (Å²) in [7, 11) is 1.48. The Bertz CT molecular complexity index is 1710. The molecule has 0 saturated carbocycles. The van der Waals surface area contributed by atoms with E-state index in [0.29, 0.717) is 17.4 Å². The summed E-state index contributed by atoms with van der Waals surface area (Å²) in [5.74, 6) is -0.794. The van der Waals surface area contributed by atoms with Crippen LogP contribution >= 0.6 is 7.82 Å². The van der Waals surface area contributed by atoms with Gasteiger partial charge in [-0.15, -0.1) is 0 Å². The van der Waals surface area contributed by atoms with Gasteiger partial charge in [-0.1, -0.05) is 284 Å². The first-order chi connectivity index (χ1) is 40.0. The lowest BCUT2D eigenvalue weighted by Gasteiger charge is -2.24. The van der Waals surface area contributed by atoms with Crippen molar-refractivity contribution in [2.75, 3.05) is 47.5 Å². The molecule has 0 amide bonds. The normalized spacial score (nSPS) is 13.8. The second-order valence-electron chi connectivity index (χ2n) is 23.8. The molecule has 0 radical (unpaired) electrons. The van der Waals surface area contributed by atoms with Crippen molar-refractivity contribution in [2.45, 2.75) is 302 Å². The number of rotatable bonds is 62. The van der Waals surface area contributed by atoms with Gasteiger partial charge in [0.05, 0.1) is 27.7 Å². The number of ether oxygens (including phenoxy) is 2. The molecule has 0 aliphatic heterocycles. The van der Waals surface area contributed by atoms with E-state index in [1.807, 2.05) is 21.1 Å². The Morgan fingerprint density at radius 1 is 0.390 bits per heavy atom. The third-order valence-corrected chi connectivity index (χ3v) is 15.6. The Hall–Kier alpha value is -3.07. The molecule has 2 atom stereocenters. The smallest absolute Gasteiger partial charge is 0.462 e. The molecule has 0 aliphatic rings. The topological polar surface area (TPSA) is 108 Å². The minimum atomic E-state index is -4.39. The second-order valence-corrected chi connectivity index (χ2v) is 25.3. The van der Waals surface area contributed by atoms with Crippen LogP contribution in [-0.2, 0) is 32.7 Å². The van der Waals surface area contributed by atoms with E-state index in [9.17, 15) is 19.0 Å². The van der Waals surface area contributed by atoms with Gasteiger partial charge in [-0.2, -0.15) is 0 Å². The Balaban J connectivity index is 4.02. The van der Waals surface area contributed by atoms with Crippen LogP contribution in [0.3, 0.4) is 0 Å². The van der Waals surface area contributed by atoms with Gasteiger partial charge >= 0.3 is 19.8 Å². The summed E-state index contributed by atoms with van der Waals surface area (Å²) < 4.78 is 34.7. The molecule has 0 fully saturated rings. The number of quaternary nitrogens is 1. The highest BCUT2D eigenvalue weighted by Crippen LogP contribution is 2.43. The number of nitrogens with zero attached hydrogens (tertiary/aromatic N) is 1. The second kappa shape index (κ2) is 62.5. The number of allylic oxidation sites excluding steroid dienone is 16. The van der Waals surface area contributed by atoms with Crippen LogP contribution in [-0.4, -0.2) is 74.9 Å². The van der Waals surface area contributed by atoms with Crippen molar-refractivity contribution in [1.82, 2.24) is 0 Å². The number of carbonyl (C=O) groups excluding carboxylic acids is 2. The number of phosphoric ester groups is 1. The quantitative estimate of drug-likeness (QED) is 0.0211. The number of carbonyl (C=O) groups is 2. The summed E-state index contributed by atoms with van der Waals surface area (Å²) in [5, 5.41) is 0. The van der Waals surface area contributed by atoms with Crippen molar-refractivity contribution in [3.63, 3.8) is 0 Å². The lowest BCUT2D eigenvalue weighted by atomic mass is 10.0. The molecule has 0 aromatic carbocycles. The van der Waals surface area contributed by atoms with Crippen LogP contribution in [0.25, 0.3) is 0 Å². The van der Waals surface area contributed by atoms with E-state index in [1.165, 1.54) is 186 Å². The fraction of sp³-hybridized carbons (Fsp3) is 0.750. The number of hydrogen-bond acceptors (Lipinski definition) is 7. The first-order valence-corrected chi connectivity index (χ1v) is 35.5. The van der Waals surface area contributed by atoms with E-state index in [2.05, 4.69) is 111 Å². The van der Waals surface area contributed by atoms with Crippen LogP contribution in [0.1, 0.15) is 296 Å². The molecule has 10 heteroatoms. The Kier molecular flexibility index (Phi) is 60.1. The molecule has 82 heavy (non-hydrogen) atoms. The molecule has 0 saturated heterocycles. The number of likely N-dealkylation sites (N-methyl/N-ethyl adjacent to an activating group) is 1. The lowest BCUT2D eigenvalue weighted by molar-refractivity contribution is -0.870. The van der Waals surface area contributed by atoms with E-state index in [1.54, 1.807) is 0 Å². The zero-order valence-electron chi connectivity index (χ0n) is 54.0. The van der Waals surface area contributed by atoms with Gasteiger partial charge in [-0.3, -0.25) is 18.6 Å². The molecular weight excluding hydrogens is 1040 g/mol. The summed E-state index contributed by atoms with van der Waals surface area (Å²) in [6.45, 7) is 4.33. The average Bonchev–Trinajstić information content (AvgIpc) is 3.46. The Morgan fingerprint density at radius 2 is 0.695 bits per heavy atom. The third-order valence-electron chi connectivity index (χ3n) is 14.6. The molecular formula is C72H129NO8P+. The van der Waals surface area contributed by atoms with Crippen molar-refractivity contribution in [1.29, 1.82) is 0 Å². The number of phosphoric acid groups is 1. The maximum Gasteiger partial charge on any atom is 0.472 e. The molecule has 474 valence electrons. The van der Waals surface area contributed by atoms with Crippen LogP contribution in [0.2, 0.25) is 0 Å². The summed E-state index contributed by atoms with van der Waals surface area (Å²) in [6, 6.07) is 0. The average molecular weight is 1170 g/mol. The highest BCUT2D eigenvalue weighted by atomic mass is 31.2. The molecule has 0 bridgehead atoms. The van der Waals surface area contributed by atoms with Crippen molar-refractivity contribution in [2.24, 2.45) is 0 Å². The molecule has 0 heterocycles. The predicted molar refractivity (Wildman–Crippen MR) is 353 cm³/mol. The number of hydrogen-bond donors (Lipinski definition) is 1. The summed E-state index contributed by atoms with van der Waals surface area (Å²) in [4.78, 5) is 35.8. The summed E-state index contributed by atoms with van der Waals surface area (Å²) in [6.07, 6.45) is 86.5. The van der Waals surface area contributed by atoms with E-state index in [-0.39, 0.29) is 32.0 Å². The minimum absolute atomic E-state index is 0.0292. The third kappa shape index (κ3) is 66.1. The van der Waals surface area contributed by atoms with E-state index in [0.717, 1.165) is 77.0 Å². The molecule has 0 spiro atoms. The van der Waals surface area contributed by atoms with Crippen molar-refractivity contribution < 1.29 is 42.1 Å². The van der Waals surface area contributed by atoms with Crippen LogP contribution < -0.4 is 0 Å². The van der Waals surface area contributed by atoms with E-state index in [4.69, 9.17) is 18.5 Å². The van der Waals surface area contributed by atoms with Gasteiger partial charge in [-0.05, 0) is 96.3 Å². The van der Waals surface area contributed by atoms with Gasteiger partial charge in [0.2, 0.25) is 0 Å². The Morgan fingerprint density at radius 3 is 1.04 bits per heavy atom. The zero-order chi connectivity index (χ0) is 59.8. The van der Waals surface area contributed by atoms with Gasteiger partial charge in [0.1, 0.15) is 19.8 Å². The first kappa shape index (κ1) is 78.9. The standard InChI is InChI=1S/C72H128NO8P/c1-6-8-10-12-14-16-18-20-22-24-26-28-29-30-31-32-33-34-35-36-37-38-39-40-41-42-43-45-47-49-51-53-55-57-59-61-63-65-72(75)81-70(69-80-82(76,77)79-67-66-73(3,4)5)68-78-71(74)64-62-60-58-56-54-52-50-48-46-44-27-25-23-21-19-17-15-13-11-9-7-2/h8,10,14,16,19-22,25-28,30-31,33-34,70H,6-7,9,11-13,15,17-18,23-24,29,32,35-69H2,1-5H3/p+1/b10-8-,16-14-,21-19-,22-20-,27-25-,28-26-,31-30-,34-33-. The highest BCUT2D eigenvalue weighted by Gasteiger charge is 2.27. The van der Waals surface area contributed by atoms with Gasteiger partial charge in [0.15, 0.2) is 6.10 Å². The molecule has 0 aliphatic carbocycles. The molecule has 1 N–H and O–H groups in total. The number of unbranched alkanes of at least 4 members (excludes halogenated alkanes) is 32. The molecule has 0 aromatic heterocycles.